The molecule has 0 aromatic heterocycles. The van der Waals surface area contributed by atoms with Crippen molar-refractivity contribution < 1.29 is 17.9 Å². The number of alkyl halides is 3. The third-order valence-corrected chi connectivity index (χ3v) is 2.81. The molecule has 6 heteroatoms. The Bertz CT molecular complexity index is 395. The fourth-order valence-electron chi connectivity index (χ4n) is 1.64. The van der Waals surface area contributed by atoms with Gasteiger partial charge in [0.1, 0.15) is 11.8 Å². The largest absolute Gasteiger partial charge is 0.494 e. The van der Waals surface area contributed by atoms with E-state index < -0.39 is 12.2 Å². The maximum absolute atomic E-state index is 13.0. The number of hydrogen-bond donors (Lipinski definition) is 1. The topological polar surface area (TPSA) is 21.3 Å². The van der Waals surface area contributed by atoms with Gasteiger partial charge < -0.3 is 10.1 Å². The molecule has 0 aliphatic rings. The molecule has 1 unspecified atom stereocenters. The highest BCUT2D eigenvalue weighted by atomic mass is 79.9. The molecule has 1 aromatic carbocycles. The zero-order chi connectivity index (χ0) is 13.8. The van der Waals surface area contributed by atoms with Gasteiger partial charge in [0.05, 0.1) is 6.61 Å². The van der Waals surface area contributed by atoms with Crippen molar-refractivity contribution in [3.63, 3.8) is 0 Å². The molecule has 102 valence electrons. The monoisotopic (exact) mass is 325 g/mol. The highest BCUT2D eigenvalue weighted by molar-refractivity contribution is 9.10. The fourth-order valence-corrected chi connectivity index (χ4v) is 2.02. The van der Waals surface area contributed by atoms with Gasteiger partial charge in [-0.25, -0.2) is 0 Å². The Hall–Kier alpha value is -0.750. The molecule has 1 aromatic rings. The van der Waals surface area contributed by atoms with Gasteiger partial charge in [-0.3, -0.25) is 0 Å². The fraction of sp³-hybridized carbons (Fsp3) is 0.500. The molecule has 1 N–H and O–H groups in total. The van der Waals surface area contributed by atoms with E-state index >= 15 is 0 Å². The third kappa shape index (κ3) is 3.88. The first-order valence-electron chi connectivity index (χ1n) is 5.62. The van der Waals surface area contributed by atoms with Gasteiger partial charge in [0, 0.05) is 10.0 Å². The normalized spacial score (nSPS) is 13.4. The molecule has 0 spiro atoms. The summed E-state index contributed by atoms with van der Waals surface area (Å²) in [5.74, 6) is 0.254. The number of halogens is 4. The van der Waals surface area contributed by atoms with Crippen molar-refractivity contribution in [3.05, 3.63) is 28.2 Å². The Morgan fingerprint density at radius 1 is 1.33 bits per heavy atom. The van der Waals surface area contributed by atoms with Crippen molar-refractivity contribution in [3.8, 4) is 5.75 Å². The van der Waals surface area contributed by atoms with E-state index in [0.29, 0.717) is 11.1 Å². The average molecular weight is 326 g/mol. The number of ether oxygens (including phenoxy) is 1. The van der Waals surface area contributed by atoms with E-state index in [0.717, 1.165) is 0 Å². The Labute approximate surface area is 113 Å². The lowest BCUT2D eigenvalue weighted by molar-refractivity contribution is -0.157. The maximum Gasteiger partial charge on any atom is 0.408 e. The highest BCUT2D eigenvalue weighted by Gasteiger charge is 2.41. The van der Waals surface area contributed by atoms with Crippen LogP contribution in [0.5, 0.6) is 5.75 Å². The molecule has 0 saturated heterocycles. The molecule has 2 nitrogen and oxygen atoms in total. The second kappa shape index (κ2) is 6.43. The van der Waals surface area contributed by atoms with Crippen molar-refractivity contribution in [2.24, 2.45) is 0 Å². The van der Waals surface area contributed by atoms with Gasteiger partial charge in [-0.2, -0.15) is 13.2 Å². The predicted molar refractivity (Wildman–Crippen MR) is 67.8 cm³/mol. The molecule has 1 rings (SSSR count). The van der Waals surface area contributed by atoms with Crippen LogP contribution in [0.15, 0.2) is 22.7 Å². The standard InChI is InChI=1S/C12H15BrF3NO/c1-3-17-11(12(14,15)16)9-7-8(13)5-6-10(9)18-4-2/h5-7,11,17H,3-4H2,1-2H3. The summed E-state index contributed by atoms with van der Waals surface area (Å²) >= 11 is 3.18. The second-order valence-electron chi connectivity index (χ2n) is 3.65. The first-order chi connectivity index (χ1) is 8.40. The SMILES string of the molecule is CCNC(c1cc(Br)ccc1OCC)C(F)(F)F. The summed E-state index contributed by atoms with van der Waals surface area (Å²) in [4.78, 5) is 0. The number of benzene rings is 1. The van der Waals surface area contributed by atoms with Crippen LogP contribution in [-0.4, -0.2) is 19.3 Å². The summed E-state index contributed by atoms with van der Waals surface area (Å²) in [5.41, 5.74) is 0.0978. The van der Waals surface area contributed by atoms with Crippen LogP contribution in [0.1, 0.15) is 25.5 Å². The molecule has 0 saturated carbocycles. The first-order valence-corrected chi connectivity index (χ1v) is 6.41. The summed E-state index contributed by atoms with van der Waals surface area (Å²) in [6.07, 6.45) is -4.36. The number of nitrogens with one attached hydrogen (secondary N) is 1. The van der Waals surface area contributed by atoms with E-state index in [1.54, 1.807) is 26.0 Å². The molecule has 18 heavy (non-hydrogen) atoms. The molecule has 0 radical (unpaired) electrons. The lowest BCUT2D eigenvalue weighted by Gasteiger charge is -2.23. The molecular weight excluding hydrogens is 311 g/mol. The van der Waals surface area contributed by atoms with Crippen molar-refractivity contribution in [2.45, 2.75) is 26.1 Å². The van der Waals surface area contributed by atoms with Gasteiger partial charge in [0.15, 0.2) is 0 Å². The van der Waals surface area contributed by atoms with Crippen LogP contribution in [0.25, 0.3) is 0 Å². The van der Waals surface area contributed by atoms with Crippen LogP contribution in [0.4, 0.5) is 13.2 Å². The van der Waals surface area contributed by atoms with E-state index in [1.165, 1.54) is 6.07 Å². The lowest BCUT2D eigenvalue weighted by atomic mass is 10.1. The Balaban J connectivity index is 3.20. The van der Waals surface area contributed by atoms with Gasteiger partial charge >= 0.3 is 6.18 Å². The molecule has 0 aliphatic heterocycles. The molecule has 0 amide bonds. The smallest absolute Gasteiger partial charge is 0.408 e. The second-order valence-corrected chi connectivity index (χ2v) is 4.56. The number of hydrogen-bond acceptors (Lipinski definition) is 2. The van der Waals surface area contributed by atoms with Crippen LogP contribution < -0.4 is 10.1 Å². The van der Waals surface area contributed by atoms with Crippen LogP contribution in [0, 0.1) is 0 Å². The van der Waals surface area contributed by atoms with Gasteiger partial charge in [-0.1, -0.05) is 22.9 Å². The summed E-state index contributed by atoms with van der Waals surface area (Å²) in [7, 11) is 0. The predicted octanol–water partition coefficient (Wildman–Crippen LogP) is 4.06. The van der Waals surface area contributed by atoms with Gasteiger partial charge in [-0.05, 0) is 31.7 Å². The van der Waals surface area contributed by atoms with Crippen LogP contribution >= 0.6 is 15.9 Å². The average Bonchev–Trinajstić information content (AvgIpc) is 2.27. The summed E-state index contributed by atoms with van der Waals surface area (Å²) in [6, 6.07) is 2.92. The number of rotatable bonds is 5. The Kier molecular flexibility index (Phi) is 5.47. The van der Waals surface area contributed by atoms with Crippen LogP contribution in [0.3, 0.4) is 0 Å². The van der Waals surface area contributed by atoms with E-state index in [2.05, 4.69) is 21.2 Å². The van der Waals surface area contributed by atoms with E-state index in [4.69, 9.17) is 4.74 Å². The van der Waals surface area contributed by atoms with Crippen LogP contribution in [-0.2, 0) is 0 Å². The highest BCUT2D eigenvalue weighted by Crippen LogP contribution is 2.38. The molecule has 0 aliphatic carbocycles. The Morgan fingerprint density at radius 3 is 2.50 bits per heavy atom. The maximum atomic E-state index is 13.0. The molecule has 0 fully saturated rings. The molecule has 1 atom stereocenters. The zero-order valence-electron chi connectivity index (χ0n) is 10.1. The minimum Gasteiger partial charge on any atom is -0.494 e. The summed E-state index contributed by atoms with van der Waals surface area (Å²) in [5, 5.41) is 2.44. The molecule has 0 bridgehead atoms. The van der Waals surface area contributed by atoms with Crippen molar-refractivity contribution >= 4 is 15.9 Å². The van der Waals surface area contributed by atoms with Gasteiger partial charge in [0.25, 0.3) is 0 Å². The van der Waals surface area contributed by atoms with Crippen molar-refractivity contribution in [1.29, 1.82) is 0 Å². The minimum absolute atomic E-state index is 0.0978. The molecule has 0 heterocycles. The van der Waals surface area contributed by atoms with E-state index in [9.17, 15) is 13.2 Å². The minimum atomic E-state index is -4.36. The lowest BCUT2D eigenvalue weighted by Crippen LogP contribution is -2.34. The summed E-state index contributed by atoms with van der Waals surface area (Å²) < 4.78 is 44.9. The van der Waals surface area contributed by atoms with E-state index in [1.807, 2.05) is 0 Å². The van der Waals surface area contributed by atoms with Gasteiger partial charge in [0.2, 0.25) is 0 Å². The first kappa shape index (κ1) is 15.3. The van der Waals surface area contributed by atoms with E-state index in [-0.39, 0.29) is 17.9 Å². The quantitative estimate of drug-likeness (QED) is 0.881. The van der Waals surface area contributed by atoms with Gasteiger partial charge in [-0.15, -0.1) is 0 Å². The third-order valence-electron chi connectivity index (χ3n) is 2.32. The van der Waals surface area contributed by atoms with Crippen LogP contribution in [0.2, 0.25) is 0 Å². The zero-order valence-corrected chi connectivity index (χ0v) is 11.7. The summed E-state index contributed by atoms with van der Waals surface area (Å²) in [6.45, 7) is 3.92. The Morgan fingerprint density at radius 2 is 2.00 bits per heavy atom. The van der Waals surface area contributed by atoms with Crippen molar-refractivity contribution in [1.82, 2.24) is 5.32 Å². The molecular formula is C12H15BrF3NO. The van der Waals surface area contributed by atoms with Crippen molar-refractivity contribution in [2.75, 3.05) is 13.2 Å².